The summed E-state index contributed by atoms with van der Waals surface area (Å²) in [6.07, 6.45) is -9.40. The van der Waals surface area contributed by atoms with E-state index in [4.69, 9.17) is 0 Å². The fourth-order valence-corrected chi connectivity index (χ4v) is 1.61. The standard InChI is InChI=1S/C11H13F3N2O5/c1-2-21-6(18)3-5(17)8(19)7-9(11(12,13)14)15-4-16-10(7)20/h4-5,8,17,19H,2-3H2,1H3,(H,15,16,20). The van der Waals surface area contributed by atoms with Gasteiger partial charge in [0, 0.05) is 0 Å². The number of nitrogens with zero attached hydrogens (tertiary/aromatic N) is 1. The summed E-state index contributed by atoms with van der Waals surface area (Å²) >= 11 is 0. The molecule has 1 aromatic rings. The number of H-pyrrole nitrogens is 1. The molecule has 0 bridgehead atoms. The number of rotatable bonds is 5. The molecule has 0 aromatic carbocycles. The van der Waals surface area contributed by atoms with Crippen LogP contribution in [0.25, 0.3) is 0 Å². The van der Waals surface area contributed by atoms with Crippen LogP contribution < -0.4 is 5.56 Å². The first-order valence-corrected chi connectivity index (χ1v) is 5.85. The largest absolute Gasteiger partial charge is 0.466 e. The maximum atomic E-state index is 12.7. The van der Waals surface area contributed by atoms with Crippen molar-refractivity contribution in [3.63, 3.8) is 0 Å². The summed E-state index contributed by atoms with van der Waals surface area (Å²) in [6.45, 7) is 1.50. The Bertz CT molecular complexity index is 558. The maximum absolute atomic E-state index is 12.7. The summed E-state index contributed by atoms with van der Waals surface area (Å²) in [5.74, 6) is -0.919. The van der Waals surface area contributed by atoms with Gasteiger partial charge in [0.15, 0.2) is 5.69 Å². The second kappa shape index (κ2) is 6.68. The van der Waals surface area contributed by atoms with Gasteiger partial charge >= 0.3 is 12.1 Å². The predicted molar refractivity (Wildman–Crippen MR) is 62.1 cm³/mol. The van der Waals surface area contributed by atoms with Crippen LogP contribution in [0.5, 0.6) is 0 Å². The van der Waals surface area contributed by atoms with Crippen molar-refractivity contribution in [1.82, 2.24) is 9.97 Å². The molecule has 7 nitrogen and oxygen atoms in total. The molecule has 0 aliphatic carbocycles. The summed E-state index contributed by atoms with van der Waals surface area (Å²) in [5.41, 5.74) is -4.03. The fourth-order valence-electron chi connectivity index (χ4n) is 1.61. The minimum atomic E-state index is -4.99. The average Bonchev–Trinajstić information content (AvgIpc) is 2.36. The highest BCUT2D eigenvalue weighted by molar-refractivity contribution is 5.70. The predicted octanol–water partition coefficient (Wildman–Crippen LogP) is 0.136. The Labute approximate surface area is 116 Å². The molecule has 10 heteroatoms. The van der Waals surface area contributed by atoms with E-state index in [0.29, 0.717) is 6.33 Å². The number of aromatic nitrogens is 2. The fraction of sp³-hybridized carbons (Fsp3) is 0.545. The number of carbonyl (C=O) groups excluding carboxylic acids is 1. The third kappa shape index (κ3) is 4.26. The molecular weight excluding hydrogens is 297 g/mol. The summed E-state index contributed by atoms with van der Waals surface area (Å²) < 4.78 is 42.7. The van der Waals surface area contributed by atoms with Gasteiger partial charge in [-0.2, -0.15) is 13.2 Å². The van der Waals surface area contributed by atoms with Crippen LogP contribution in [0.3, 0.4) is 0 Å². The number of carbonyl (C=O) groups is 1. The molecule has 2 unspecified atom stereocenters. The van der Waals surface area contributed by atoms with Crippen molar-refractivity contribution in [2.24, 2.45) is 0 Å². The van der Waals surface area contributed by atoms with E-state index in [1.165, 1.54) is 6.92 Å². The van der Waals surface area contributed by atoms with Crippen molar-refractivity contribution in [3.8, 4) is 0 Å². The third-order valence-corrected chi connectivity index (χ3v) is 2.50. The second-order valence-electron chi connectivity index (χ2n) is 4.01. The molecule has 21 heavy (non-hydrogen) atoms. The molecule has 3 N–H and O–H groups in total. The van der Waals surface area contributed by atoms with Gasteiger partial charge in [-0.15, -0.1) is 0 Å². The molecular formula is C11H13F3N2O5. The van der Waals surface area contributed by atoms with Crippen LogP contribution in [-0.2, 0) is 15.7 Å². The van der Waals surface area contributed by atoms with Crippen LogP contribution in [0.15, 0.2) is 11.1 Å². The van der Waals surface area contributed by atoms with Gasteiger partial charge in [-0.05, 0) is 6.92 Å². The lowest BCUT2D eigenvalue weighted by Gasteiger charge is -2.19. The number of alkyl halides is 3. The number of aromatic amines is 1. The van der Waals surface area contributed by atoms with E-state index in [0.717, 1.165) is 0 Å². The zero-order valence-electron chi connectivity index (χ0n) is 10.8. The molecule has 1 heterocycles. The normalized spacial score (nSPS) is 14.6. The first-order valence-electron chi connectivity index (χ1n) is 5.85. The topological polar surface area (TPSA) is 113 Å². The van der Waals surface area contributed by atoms with E-state index >= 15 is 0 Å². The van der Waals surface area contributed by atoms with Crippen LogP contribution in [0.1, 0.15) is 30.7 Å². The van der Waals surface area contributed by atoms with Gasteiger partial charge in [0.2, 0.25) is 0 Å². The Balaban J connectivity index is 3.10. The van der Waals surface area contributed by atoms with E-state index in [1.54, 1.807) is 0 Å². The van der Waals surface area contributed by atoms with Crippen molar-refractivity contribution < 1.29 is 32.9 Å². The van der Waals surface area contributed by atoms with Gasteiger partial charge in [0.05, 0.1) is 31.0 Å². The summed E-state index contributed by atoms with van der Waals surface area (Å²) in [5, 5.41) is 19.3. The SMILES string of the molecule is CCOC(=O)CC(O)C(O)c1c(C(F)(F)F)nc[nH]c1=O. The van der Waals surface area contributed by atoms with Gasteiger partial charge in [-0.25, -0.2) is 4.98 Å². The average molecular weight is 310 g/mol. The minimum absolute atomic E-state index is 0.00290. The molecule has 0 aliphatic rings. The first kappa shape index (κ1) is 17.1. The molecule has 0 spiro atoms. The van der Waals surface area contributed by atoms with E-state index in [2.05, 4.69) is 9.72 Å². The number of halogens is 3. The number of nitrogens with one attached hydrogen (secondary N) is 1. The molecule has 0 aliphatic heterocycles. The van der Waals surface area contributed by atoms with Gasteiger partial charge < -0.3 is 19.9 Å². The van der Waals surface area contributed by atoms with Crippen LogP contribution in [0.4, 0.5) is 13.2 Å². The molecule has 0 amide bonds. The van der Waals surface area contributed by atoms with Crippen molar-refractivity contribution in [2.45, 2.75) is 31.7 Å². The zero-order chi connectivity index (χ0) is 16.2. The van der Waals surface area contributed by atoms with Crippen LogP contribution in [0.2, 0.25) is 0 Å². The molecule has 0 saturated heterocycles. The second-order valence-corrected chi connectivity index (χ2v) is 4.01. The smallest absolute Gasteiger partial charge is 0.433 e. The maximum Gasteiger partial charge on any atom is 0.433 e. The van der Waals surface area contributed by atoms with Crippen molar-refractivity contribution in [3.05, 3.63) is 27.9 Å². The van der Waals surface area contributed by atoms with Gasteiger partial charge in [-0.3, -0.25) is 9.59 Å². The van der Waals surface area contributed by atoms with Gasteiger partial charge in [-0.1, -0.05) is 0 Å². The Kier molecular flexibility index (Phi) is 5.44. The molecule has 0 fully saturated rings. The zero-order valence-corrected chi connectivity index (χ0v) is 10.8. The number of hydrogen-bond donors (Lipinski definition) is 3. The van der Waals surface area contributed by atoms with E-state index < -0.39 is 47.6 Å². The number of esters is 1. The summed E-state index contributed by atoms with van der Waals surface area (Å²) in [7, 11) is 0. The van der Waals surface area contributed by atoms with Gasteiger partial charge in [0.1, 0.15) is 6.10 Å². The van der Waals surface area contributed by atoms with Gasteiger partial charge in [0.25, 0.3) is 5.56 Å². The third-order valence-electron chi connectivity index (χ3n) is 2.50. The summed E-state index contributed by atoms with van der Waals surface area (Å²) in [4.78, 5) is 27.4. The highest BCUT2D eigenvalue weighted by atomic mass is 19.4. The first-order chi connectivity index (χ1) is 9.68. The molecule has 118 valence electrons. The van der Waals surface area contributed by atoms with E-state index in [1.807, 2.05) is 4.98 Å². The Morgan fingerprint density at radius 2 is 2.10 bits per heavy atom. The highest BCUT2D eigenvalue weighted by Gasteiger charge is 2.40. The number of aliphatic hydroxyl groups excluding tert-OH is 2. The quantitative estimate of drug-likeness (QED) is 0.667. The molecule has 1 aromatic heterocycles. The minimum Gasteiger partial charge on any atom is -0.466 e. The number of ether oxygens (including phenoxy) is 1. The molecule has 0 radical (unpaired) electrons. The molecule has 0 saturated carbocycles. The lowest BCUT2D eigenvalue weighted by molar-refractivity contribution is -0.148. The number of hydrogen-bond acceptors (Lipinski definition) is 6. The monoisotopic (exact) mass is 310 g/mol. The molecule has 1 rings (SSSR count). The Hall–Kier alpha value is -1.94. The molecule has 2 atom stereocenters. The van der Waals surface area contributed by atoms with Crippen molar-refractivity contribution in [1.29, 1.82) is 0 Å². The van der Waals surface area contributed by atoms with Crippen molar-refractivity contribution >= 4 is 5.97 Å². The number of aliphatic hydroxyl groups is 2. The lowest BCUT2D eigenvalue weighted by Crippen LogP contribution is -2.31. The summed E-state index contributed by atoms with van der Waals surface area (Å²) in [6, 6.07) is 0. The van der Waals surface area contributed by atoms with E-state index in [-0.39, 0.29) is 6.61 Å². The lowest BCUT2D eigenvalue weighted by atomic mass is 10.0. The Morgan fingerprint density at radius 1 is 1.48 bits per heavy atom. The van der Waals surface area contributed by atoms with E-state index in [9.17, 15) is 33.0 Å². The van der Waals surface area contributed by atoms with Crippen molar-refractivity contribution in [2.75, 3.05) is 6.61 Å². The van der Waals surface area contributed by atoms with Crippen LogP contribution in [0, 0.1) is 0 Å². The Morgan fingerprint density at radius 3 is 2.62 bits per heavy atom. The van der Waals surface area contributed by atoms with Crippen LogP contribution >= 0.6 is 0 Å². The highest BCUT2D eigenvalue weighted by Crippen LogP contribution is 2.32. The van der Waals surface area contributed by atoms with Crippen LogP contribution in [-0.4, -0.2) is 38.9 Å².